The summed E-state index contributed by atoms with van der Waals surface area (Å²) in [6, 6.07) is -0.811. The average Bonchev–Trinajstić information content (AvgIpc) is 3.15. The molecule has 2 saturated heterocycles. The molecule has 2 aliphatic rings. The van der Waals surface area contributed by atoms with E-state index in [2.05, 4.69) is 26.0 Å². The Morgan fingerprint density at radius 1 is 1.42 bits per heavy atom. The second-order valence-electron chi connectivity index (χ2n) is 5.87. The number of hydrogen-bond acceptors (Lipinski definition) is 8. The van der Waals surface area contributed by atoms with E-state index in [1.165, 1.54) is 6.20 Å². The zero-order valence-corrected chi connectivity index (χ0v) is 12.9. The van der Waals surface area contributed by atoms with E-state index in [9.17, 15) is 14.7 Å². The van der Waals surface area contributed by atoms with Crippen molar-refractivity contribution in [3.63, 3.8) is 0 Å². The highest BCUT2D eigenvalue weighted by Gasteiger charge is 2.57. The predicted octanol–water partition coefficient (Wildman–Crippen LogP) is -2.23. The molecule has 0 saturated carbocycles. The molecule has 0 aromatic carbocycles. The molecule has 0 bridgehead atoms. The van der Waals surface area contributed by atoms with Crippen LogP contribution in [0, 0.1) is 0 Å². The monoisotopic (exact) mass is 342 g/mol. The second kappa shape index (κ2) is 5.98. The molecule has 5 atom stereocenters. The number of ether oxygens (including phenoxy) is 3. The predicted molar refractivity (Wildman–Crippen MR) is 75.1 cm³/mol. The molecule has 0 radical (unpaired) electrons. The number of aromatic amines is 1. The first kappa shape index (κ1) is 16.6. The van der Waals surface area contributed by atoms with Gasteiger partial charge in [-0.15, -0.1) is 0 Å². The van der Waals surface area contributed by atoms with Crippen molar-refractivity contribution in [2.45, 2.75) is 50.4 Å². The van der Waals surface area contributed by atoms with Crippen molar-refractivity contribution in [2.24, 2.45) is 5.73 Å². The highest BCUT2D eigenvalue weighted by Crippen LogP contribution is 2.38. The number of H-pyrrole nitrogens is 1. The maximum absolute atomic E-state index is 11.9. The van der Waals surface area contributed by atoms with E-state index in [0.717, 1.165) is 0 Å². The van der Waals surface area contributed by atoms with Gasteiger partial charge < -0.3 is 35.7 Å². The van der Waals surface area contributed by atoms with Gasteiger partial charge >= 0.3 is 6.03 Å². The number of nitrogens with two attached hydrogens (primary N) is 1. The van der Waals surface area contributed by atoms with Gasteiger partial charge in [0.25, 0.3) is 5.91 Å². The molecule has 3 rings (SSSR count). The van der Waals surface area contributed by atoms with Gasteiger partial charge in [0.1, 0.15) is 18.3 Å². The smallest absolute Gasteiger partial charge is 0.314 e. The molecular formula is C12H18N6O6. The molecule has 12 nitrogen and oxygen atoms in total. The molecular weight excluding hydrogens is 324 g/mol. The van der Waals surface area contributed by atoms with Crippen LogP contribution in [-0.2, 0) is 14.2 Å². The maximum atomic E-state index is 11.9. The third-order valence-corrected chi connectivity index (χ3v) is 3.61. The fourth-order valence-electron chi connectivity index (χ4n) is 2.74. The molecule has 0 spiro atoms. The summed E-state index contributed by atoms with van der Waals surface area (Å²) < 4.78 is 16.9. The van der Waals surface area contributed by atoms with Gasteiger partial charge in [0.15, 0.2) is 23.9 Å². The minimum atomic E-state index is -1.43. The number of urea groups is 1. The van der Waals surface area contributed by atoms with Crippen LogP contribution in [-0.4, -0.2) is 69.0 Å². The van der Waals surface area contributed by atoms with E-state index in [0.29, 0.717) is 0 Å². The number of primary amides is 1. The topological polar surface area (TPSA) is 174 Å². The van der Waals surface area contributed by atoms with Crippen LogP contribution in [0.3, 0.4) is 0 Å². The van der Waals surface area contributed by atoms with Crippen molar-refractivity contribution >= 4 is 11.9 Å². The first-order valence-electron chi connectivity index (χ1n) is 7.18. The Morgan fingerprint density at radius 3 is 2.75 bits per heavy atom. The lowest BCUT2D eigenvalue weighted by atomic mass is 10.1. The van der Waals surface area contributed by atoms with Gasteiger partial charge in [-0.1, -0.05) is 0 Å². The number of aromatic nitrogens is 3. The van der Waals surface area contributed by atoms with Crippen LogP contribution in [0.5, 0.6) is 0 Å². The van der Waals surface area contributed by atoms with Crippen molar-refractivity contribution < 1.29 is 28.9 Å². The van der Waals surface area contributed by atoms with E-state index in [-0.39, 0.29) is 5.69 Å². The van der Waals surface area contributed by atoms with Crippen LogP contribution >= 0.6 is 0 Å². The Balaban J connectivity index is 1.72. The summed E-state index contributed by atoms with van der Waals surface area (Å²) in [5.41, 5.74) is 5.11. The minimum Gasteiger partial charge on any atom is -0.371 e. The van der Waals surface area contributed by atoms with E-state index in [1.54, 1.807) is 13.8 Å². The highest BCUT2D eigenvalue weighted by atomic mass is 16.8. The van der Waals surface area contributed by atoms with E-state index >= 15 is 0 Å². The number of carbonyl (C=O) groups excluding carboxylic acids is 2. The van der Waals surface area contributed by atoms with Gasteiger partial charge in [-0.2, -0.15) is 15.4 Å². The summed E-state index contributed by atoms with van der Waals surface area (Å²) in [4.78, 5) is 23.0. The summed E-state index contributed by atoms with van der Waals surface area (Å²) in [6.07, 6.45) is -3.53. The lowest BCUT2D eigenvalue weighted by molar-refractivity contribution is -0.200. The zero-order valence-electron chi connectivity index (χ0n) is 12.9. The van der Waals surface area contributed by atoms with Gasteiger partial charge in [-0.3, -0.25) is 4.79 Å². The van der Waals surface area contributed by atoms with Crippen molar-refractivity contribution in [1.29, 1.82) is 0 Å². The number of amides is 3. The largest absolute Gasteiger partial charge is 0.371 e. The number of carbonyl (C=O) groups is 2. The van der Waals surface area contributed by atoms with Crippen molar-refractivity contribution in [3.05, 3.63) is 11.9 Å². The molecule has 3 heterocycles. The summed E-state index contributed by atoms with van der Waals surface area (Å²) >= 11 is 0. The van der Waals surface area contributed by atoms with Gasteiger partial charge in [0.2, 0.25) is 0 Å². The Labute approximate surface area is 136 Å². The summed E-state index contributed by atoms with van der Waals surface area (Å²) in [6.45, 7) is 3.37. The van der Waals surface area contributed by atoms with Crippen LogP contribution in [0.25, 0.3) is 0 Å². The number of rotatable bonds is 4. The van der Waals surface area contributed by atoms with Crippen molar-refractivity contribution in [2.75, 3.05) is 0 Å². The quantitative estimate of drug-likeness (QED) is 0.382. The fraction of sp³-hybridized carbons (Fsp3) is 0.667. The number of fused-ring (bicyclic) bond motifs is 1. The van der Waals surface area contributed by atoms with E-state index in [4.69, 9.17) is 19.9 Å². The standard InChI is InChI=1S/C12H18N6O6/c1-12(2)23-5-6(22-10(7(5)24-12)16-11(13)21)9(20)15-8(19)4-3-14-18-17-4/h3,5-7,9-10,20H,1-2H3,(H,15,19)(H3,13,16,21)(H,14,17,18)/t5-,6+,7-,9+,10-/m1/s1. The molecule has 6 N–H and O–H groups in total. The van der Waals surface area contributed by atoms with Gasteiger partial charge in [-0.25, -0.2) is 4.79 Å². The normalized spacial score (nSPS) is 32.1. The van der Waals surface area contributed by atoms with Gasteiger partial charge in [0, 0.05) is 0 Å². The number of nitrogens with one attached hydrogen (secondary N) is 3. The zero-order chi connectivity index (χ0) is 17.5. The fourth-order valence-corrected chi connectivity index (χ4v) is 2.74. The number of nitrogens with zero attached hydrogens (tertiary/aromatic N) is 2. The summed E-state index contributed by atoms with van der Waals surface area (Å²) in [5, 5.41) is 24.4. The molecule has 2 fully saturated rings. The van der Waals surface area contributed by atoms with Crippen LogP contribution in [0.15, 0.2) is 6.20 Å². The highest BCUT2D eigenvalue weighted by molar-refractivity contribution is 5.91. The van der Waals surface area contributed by atoms with E-state index in [1.807, 2.05) is 0 Å². The van der Waals surface area contributed by atoms with Crippen LogP contribution in [0.1, 0.15) is 24.3 Å². The van der Waals surface area contributed by atoms with E-state index < -0.39 is 48.5 Å². The lowest BCUT2D eigenvalue weighted by Gasteiger charge is -2.26. The molecule has 3 amide bonds. The molecule has 24 heavy (non-hydrogen) atoms. The molecule has 0 aliphatic carbocycles. The second-order valence-corrected chi connectivity index (χ2v) is 5.87. The van der Waals surface area contributed by atoms with Crippen LogP contribution in [0.2, 0.25) is 0 Å². The number of aliphatic hydroxyl groups is 1. The van der Waals surface area contributed by atoms with Gasteiger partial charge in [-0.05, 0) is 13.8 Å². The van der Waals surface area contributed by atoms with Gasteiger partial charge in [0.05, 0.1) is 6.20 Å². The first-order valence-corrected chi connectivity index (χ1v) is 7.18. The minimum absolute atomic E-state index is 0.000622. The third kappa shape index (κ3) is 3.17. The molecule has 0 unspecified atom stereocenters. The Hall–Kier alpha value is -2.28. The number of hydrogen-bond donors (Lipinski definition) is 5. The van der Waals surface area contributed by atoms with Crippen LogP contribution < -0.4 is 16.4 Å². The van der Waals surface area contributed by atoms with Crippen LogP contribution in [0.4, 0.5) is 4.79 Å². The first-order chi connectivity index (χ1) is 11.3. The molecule has 1 aromatic rings. The average molecular weight is 342 g/mol. The summed E-state index contributed by atoms with van der Waals surface area (Å²) in [5.74, 6) is -1.59. The SMILES string of the molecule is CC1(C)O[C@H]2[C@@H](O1)[C@H](NC(N)=O)O[C@@H]2[C@H](O)NC(=O)c1cn[nH]n1. The Kier molecular flexibility index (Phi) is 4.13. The number of aliphatic hydroxyl groups excluding tert-OH is 1. The third-order valence-electron chi connectivity index (χ3n) is 3.61. The maximum Gasteiger partial charge on any atom is 0.314 e. The molecule has 12 heteroatoms. The molecule has 1 aromatic heterocycles. The van der Waals surface area contributed by atoms with Crippen molar-refractivity contribution in [3.8, 4) is 0 Å². The summed E-state index contributed by atoms with van der Waals surface area (Å²) in [7, 11) is 0. The lowest BCUT2D eigenvalue weighted by Crippen LogP contribution is -2.49. The molecule has 132 valence electrons. The Morgan fingerprint density at radius 2 is 2.12 bits per heavy atom. The Bertz CT molecular complexity index is 622. The van der Waals surface area contributed by atoms with Crippen molar-refractivity contribution in [1.82, 2.24) is 26.0 Å². The molecule has 2 aliphatic heterocycles.